The molecule has 3 aromatic rings. The smallest absolute Gasteiger partial charge is 0.234 e. The fourth-order valence-corrected chi connectivity index (χ4v) is 4.23. The number of hydrogen-bond acceptors (Lipinski definition) is 5. The number of imidazole rings is 1. The Bertz CT molecular complexity index is 1200. The first-order chi connectivity index (χ1) is 14.9. The lowest BCUT2D eigenvalue weighted by Gasteiger charge is -2.37. The molecule has 0 amide bonds. The van der Waals surface area contributed by atoms with Crippen molar-refractivity contribution in [3.8, 4) is 11.4 Å². The van der Waals surface area contributed by atoms with Gasteiger partial charge in [0.1, 0.15) is 11.6 Å². The second kappa shape index (κ2) is 7.27. The number of nitrogens with zero attached hydrogens (tertiary/aromatic N) is 4. The average Bonchev–Trinajstić information content (AvgIpc) is 3.34. The minimum Gasteiger partial charge on any atom is -0.506 e. The summed E-state index contributed by atoms with van der Waals surface area (Å²) in [5.74, 6) is 0.687. The molecule has 1 N–H and O–H groups in total. The van der Waals surface area contributed by atoms with Crippen LogP contribution in [0.5, 0.6) is 5.75 Å². The summed E-state index contributed by atoms with van der Waals surface area (Å²) >= 11 is 0. The van der Waals surface area contributed by atoms with Gasteiger partial charge in [-0.25, -0.2) is 9.37 Å². The highest BCUT2D eigenvalue weighted by Gasteiger charge is 2.45. The van der Waals surface area contributed by atoms with Gasteiger partial charge in [0.05, 0.1) is 17.7 Å². The van der Waals surface area contributed by atoms with Crippen LogP contribution in [0.4, 0.5) is 4.39 Å². The molecule has 5 rings (SSSR count). The molecule has 2 aliphatic heterocycles. The predicted molar refractivity (Wildman–Crippen MR) is 116 cm³/mol. The average molecular weight is 418 g/mol. The molecular formula is C24H23FN4O2. The Hall–Kier alpha value is -3.61. The maximum Gasteiger partial charge on any atom is 0.234 e. The third-order valence-corrected chi connectivity index (χ3v) is 5.91. The summed E-state index contributed by atoms with van der Waals surface area (Å²) in [4.78, 5) is 12.2. The molecule has 3 heterocycles. The SMILES string of the molecule is Cc1cn(-c2ccc(/C=C3\CCCN4C3=NOC4(C)c3ccc(F)cc3)cc2O)cn1. The van der Waals surface area contributed by atoms with Crippen LogP contribution in [0, 0.1) is 12.7 Å². The molecule has 7 heteroatoms. The Morgan fingerprint density at radius 1 is 1.19 bits per heavy atom. The van der Waals surface area contributed by atoms with Gasteiger partial charge in [0, 0.05) is 25.2 Å². The van der Waals surface area contributed by atoms with Crippen molar-refractivity contribution in [1.29, 1.82) is 0 Å². The fourth-order valence-electron chi connectivity index (χ4n) is 4.23. The largest absolute Gasteiger partial charge is 0.506 e. The number of rotatable bonds is 3. The van der Waals surface area contributed by atoms with E-state index in [1.165, 1.54) is 12.1 Å². The zero-order chi connectivity index (χ0) is 21.6. The molecule has 2 aliphatic rings. The standard InChI is InChI=1S/C24H23FN4O2/c1-16-14-28(15-26-16)21-10-5-17(13-22(21)30)12-18-4-3-11-29-23(18)27-31-24(29,2)19-6-8-20(25)9-7-19/h5-10,12-15,30H,3-4,11H2,1-2H3/b18-12+. The van der Waals surface area contributed by atoms with Gasteiger partial charge in [-0.3, -0.25) is 0 Å². The Morgan fingerprint density at radius 3 is 2.71 bits per heavy atom. The number of phenolic OH excluding ortho intramolecular Hbond substituents is 1. The molecule has 0 aliphatic carbocycles. The lowest BCUT2D eigenvalue weighted by Crippen LogP contribution is -2.46. The zero-order valence-electron chi connectivity index (χ0n) is 17.4. The van der Waals surface area contributed by atoms with Gasteiger partial charge >= 0.3 is 0 Å². The van der Waals surface area contributed by atoms with Gasteiger partial charge in [-0.15, -0.1) is 0 Å². The summed E-state index contributed by atoms with van der Waals surface area (Å²) in [6, 6.07) is 11.9. The van der Waals surface area contributed by atoms with Crippen LogP contribution in [-0.4, -0.2) is 31.9 Å². The maximum atomic E-state index is 13.4. The molecule has 6 nitrogen and oxygen atoms in total. The van der Waals surface area contributed by atoms with Crippen LogP contribution in [0.15, 0.2) is 65.7 Å². The third-order valence-electron chi connectivity index (χ3n) is 5.91. The first kappa shape index (κ1) is 19.4. The van der Waals surface area contributed by atoms with E-state index in [1.807, 2.05) is 38.3 Å². The summed E-state index contributed by atoms with van der Waals surface area (Å²) in [5, 5.41) is 14.9. The Kier molecular flexibility index (Phi) is 4.54. The van der Waals surface area contributed by atoms with E-state index in [4.69, 9.17) is 4.84 Å². The molecule has 1 fully saturated rings. The Labute approximate surface area is 179 Å². The van der Waals surface area contributed by atoms with Crippen LogP contribution in [0.3, 0.4) is 0 Å². The van der Waals surface area contributed by atoms with E-state index < -0.39 is 5.72 Å². The molecule has 0 spiro atoms. The number of fused-ring (bicyclic) bond motifs is 1. The summed E-state index contributed by atoms with van der Waals surface area (Å²) in [5.41, 5.74) is 3.57. The van der Waals surface area contributed by atoms with E-state index in [0.717, 1.165) is 47.6 Å². The van der Waals surface area contributed by atoms with E-state index in [1.54, 1.807) is 29.1 Å². The normalized spacial score (nSPS) is 21.7. The van der Waals surface area contributed by atoms with Crippen LogP contribution in [0.2, 0.25) is 0 Å². The first-order valence-electron chi connectivity index (χ1n) is 10.3. The van der Waals surface area contributed by atoms with Gasteiger partial charge in [0.25, 0.3) is 0 Å². The van der Waals surface area contributed by atoms with Gasteiger partial charge in [0.15, 0.2) is 5.84 Å². The van der Waals surface area contributed by atoms with Crippen LogP contribution in [-0.2, 0) is 10.6 Å². The number of amidine groups is 1. The molecule has 2 aromatic carbocycles. The van der Waals surface area contributed by atoms with Crippen molar-refractivity contribution in [2.45, 2.75) is 32.4 Å². The van der Waals surface area contributed by atoms with E-state index in [9.17, 15) is 9.50 Å². The molecule has 1 atom stereocenters. The van der Waals surface area contributed by atoms with E-state index in [-0.39, 0.29) is 11.6 Å². The van der Waals surface area contributed by atoms with Gasteiger partial charge in [-0.2, -0.15) is 0 Å². The first-order valence-corrected chi connectivity index (χ1v) is 10.3. The van der Waals surface area contributed by atoms with Crippen molar-refractivity contribution in [3.63, 3.8) is 0 Å². The summed E-state index contributed by atoms with van der Waals surface area (Å²) in [7, 11) is 0. The fraction of sp³-hybridized carbons (Fsp3) is 0.250. The molecule has 158 valence electrons. The topological polar surface area (TPSA) is 62.9 Å². The van der Waals surface area contributed by atoms with Crippen molar-refractivity contribution >= 4 is 11.9 Å². The molecule has 1 unspecified atom stereocenters. The predicted octanol–water partition coefficient (Wildman–Crippen LogP) is 4.72. The van der Waals surface area contributed by atoms with Crippen molar-refractivity contribution < 1.29 is 14.3 Å². The summed E-state index contributed by atoms with van der Waals surface area (Å²) in [6.45, 7) is 4.66. The van der Waals surface area contributed by atoms with E-state index >= 15 is 0 Å². The number of oxime groups is 1. The van der Waals surface area contributed by atoms with Crippen molar-refractivity contribution in [3.05, 3.63) is 83.2 Å². The number of halogens is 1. The van der Waals surface area contributed by atoms with Crippen molar-refractivity contribution in [2.24, 2.45) is 5.16 Å². The summed E-state index contributed by atoms with van der Waals surface area (Å²) in [6.07, 6.45) is 7.40. The van der Waals surface area contributed by atoms with E-state index in [2.05, 4.69) is 15.0 Å². The molecule has 31 heavy (non-hydrogen) atoms. The van der Waals surface area contributed by atoms with Gasteiger partial charge in [-0.05, 0) is 61.2 Å². The maximum absolute atomic E-state index is 13.4. The lowest BCUT2D eigenvalue weighted by molar-refractivity contribution is -0.0913. The number of phenols is 1. The number of aryl methyl sites for hydroxylation is 1. The molecule has 0 saturated carbocycles. The van der Waals surface area contributed by atoms with Crippen LogP contribution in [0.25, 0.3) is 11.8 Å². The van der Waals surface area contributed by atoms with Gasteiger partial charge in [-0.1, -0.05) is 23.4 Å². The number of piperidine rings is 1. The van der Waals surface area contributed by atoms with Gasteiger partial charge < -0.3 is 19.4 Å². The number of aromatic hydroxyl groups is 1. The molecule has 0 radical (unpaired) electrons. The quantitative estimate of drug-likeness (QED) is 0.669. The minimum absolute atomic E-state index is 0.181. The van der Waals surface area contributed by atoms with Crippen molar-refractivity contribution in [2.75, 3.05) is 6.54 Å². The zero-order valence-corrected chi connectivity index (χ0v) is 17.4. The summed E-state index contributed by atoms with van der Waals surface area (Å²) < 4.78 is 15.2. The molecule has 0 bridgehead atoms. The Balaban J connectivity index is 1.44. The lowest BCUT2D eigenvalue weighted by atomic mass is 9.95. The molecule has 1 aromatic heterocycles. The van der Waals surface area contributed by atoms with Crippen LogP contribution in [0.1, 0.15) is 36.6 Å². The van der Waals surface area contributed by atoms with E-state index in [0.29, 0.717) is 5.69 Å². The molecule has 1 saturated heterocycles. The van der Waals surface area contributed by atoms with Crippen molar-refractivity contribution in [1.82, 2.24) is 14.5 Å². The number of hydrogen-bond donors (Lipinski definition) is 1. The number of benzene rings is 2. The highest BCUT2D eigenvalue weighted by molar-refractivity contribution is 6.03. The van der Waals surface area contributed by atoms with Gasteiger partial charge in [0.2, 0.25) is 5.72 Å². The second-order valence-corrected chi connectivity index (χ2v) is 8.09. The minimum atomic E-state index is -0.770. The second-order valence-electron chi connectivity index (χ2n) is 8.09. The van der Waals surface area contributed by atoms with Crippen LogP contribution < -0.4 is 0 Å². The highest BCUT2D eigenvalue weighted by atomic mass is 19.1. The highest BCUT2D eigenvalue weighted by Crippen LogP contribution is 2.40. The molecular weight excluding hydrogens is 395 g/mol. The Morgan fingerprint density at radius 2 is 2.00 bits per heavy atom. The van der Waals surface area contributed by atoms with Crippen LogP contribution >= 0.6 is 0 Å². The third kappa shape index (κ3) is 3.36. The monoisotopic (exact) mass is 418 g/mol. The number of aromatic nitrogens is 2.